The van der Waals surface area contributed by atoms with Gasteiger partial charge in [-0.15, -0.1) is 11.8 Å². The maximum atomic E-state index is 13.1. The molecule has 0 aliphatic carbocycles. The first-order valence-corrected chi connectivity index (χ1v) is 7.64. The van der Waals surface area contributed by atoms with E-state index in [1.807, 2.05) is 13.0 Å². The number of halogens is 1. The van der Waals surface area contributed by atoms with Gasteiger partial charge in [0.1, 0.15) is 5.82 Å². The van der Waals surface area contributed by atoms with Crippen molar-refractivity contribution in [3.8, 4) is 0 Å². The Bertz CT molecular complexity index is 657. The smallest absolute Gasteiger partial charge is 0.237 e. The Morgan fingerprint density at radius 3 is 2.57 bits per heavy atom. The van der Waals surface area contributed by atoms with E-state index >= 15 is 0 Å². The molecule has 0 aromatic heterocycles. The van der Waals surface area contributed by atoms with Gasteiger partial charge in [0.05, 0.1) is 5.25 Å². The number of hydrogen-bond acceptors (Lipinski definition) is 2. The van der Waals surface area contributed by atoms with Crippen LogP contribution in [-0.4, -0.2) is 11.2 Å². The van der Waals surface area contributed by atoms with Gasteiger partial charge >= 0.3 is 0 Å². The number of carbonyl (C=O) groups excluding carboxylic acids is 1. The van der Waals surface area contributed by atoms with Crippen molar-refractivity contribution < 1.29 is 9.18 Å². The van der Waals surface area contributed by atoms with Crippen LogP contribution in [-0.2, 0) is 4.79 Å². The van der Waals surface area contributed by atoms with Crippen LogP contribution in [0.4, 0.5) is 10.1 Å². The molecule has 1 atom stereocenters. The Morgan fingerprint density at radius 2 is 1.90 bits per heavy atom. The van der Waals surface area contributed by atoms with E-state index in [0.717, 1.165) is 4.90 Å². The fourth-order valence-corrected chi connectivity index (χ4v) is 2.82. The highest BCUT2D eigenvalue weighted by atomic mass is 32.2. The van der Waals surface area contributed by atoms with Gasteiger partial charge in [-0.05, 0) is 62.2 Å². The second-order valence-corrected chi connectivity index (χ2v) is 6.42. The van der Waals surface area contributed by atoms with Gasteiger partial charge in [0.25, 0.3) is 0 Å². The Hall–Kier alpha value is -1.81. The van der Waals surface area contributed by atoms with E-state index in [2.05, 4.69) is 31.3 Å². The number of amides is 1. The lowest BCUT2D eigenvalue weighted by Crippen LogP contribution is -2.22. The average molecular weight is 303 g/mol. The summed E-state index contributed by atoms with van der Waals surface area (Å²) in [4.78, 5) is 13.2. The van der Waals surface area contributed by atoms with Gasteiger partial charge in [-0.2, -0.15) is 0 Å². The summed E-state index contributed by atoms with van der Waals surface area (Å²) in [5, 5.41) is 2.47. The number of hydrogen-bond donors (Lipinski definition) is 1. The molecule has 0 heterocycles. The first-order chi connectivity index (χ1) is 9.95. The summed E-state index contributed by atoms with van der Waals surface area (Å²) in [6.07, 6.45) is 0. The first kappa shape index (κ1) is 15.6. The number of carbonyl (C=O) groups is 1. The number of benzene rings is 2. The fraction of sp³-hybridized carbons (Fsp3) is 0.235. The minimum absolute atomic E-state index is 0.135. The van der Waals surface area contributed by atoms with Crippen LogP contribution in [0.25, 0.3) is 0 Å². The van der Waals surface area contributed by atoms with Crippen LogP contribution in [0.3, 0.4) is 0 Å². The lowest BCUT2D eigenvalue weighted by molar-refractivity contribution is -0.115. The minimum atomic E-state index is -0.359. The normalized spacial score (nSPS) is 12.0. The van der Waals surface area contributed by atoms with Gasteiger partial charge < -0.3 is 5.32 Å². The largest absolute Gasteiger partial charge is 0.325 e. The molecular formula is C17H18FNOS. The average Bonchev–Trinajstić information content (AvgIpc) is 2.43. The lowest BCUT2D eigenvalue weighted by atomic mass is 10.1. The van der Waals surface area contributed by atoms with Gasteiger partial charge in [0, 0.05) is 10.6 Å². The first-order valence-electron chi connectivity index (χ1n) is 6.76. The summed E-state index contributed by atoms with van der Waals surface area (Å²) in [5.41, 5.74) is 2.92. The van der Waals surface area contributed by atoms with Crippen LogP contribution < -0.4 is 5.32 Å². The van der Waals surface area contributed by atoms with E-state index in [1.54, 1.807) is 12.1 Å². The molecular weight excluding hydrogens is 285 g/mol. The maximum absolute atomic E-state index is 13.1. The van der Waals surface area contributed by atoms with Gasteiger partial charge in [-0.1, -0.05) is 12.1 Å². The van der Waals surface area contributed by atoms with Crippen LogP contribution in [0.2, 0.25) is 0 Å². The summed E-state index contributed by atoms with van der Waals surface area (Å²) in [5.74, 6) is -0.494. The topological polar surface area (TPSA) is 29.1 Å². The van der Waals surface area contributed by atoms with Crippen molar-refractivity contribution in [2.24, 2.45) is 0 Å². The van der Waals surface area contributed by atoms with E-state index in [-0.39, 0.29) is 17.0 Å². The Kier molecular flexibility index (Phi) is 5.02. The molecule has 21 heavy (non-hydrogen) atoms. The number of thioether (sulfide) groups is 1. The third-order valence-corrected chi connectivity index (χ3v) is 4.35. The van der Waals surface area contributed by atoms with Crippen LogP contribution in [0, 0.1) is 19.7 Å². The van der Waals surface area contributed by atoms with Crippen molar-refractivity contribution in [1.82, 2.24) is 0 Å². The van der Waals surface area contributed by atoms with Crippen LogP contribution in [0.1, 0.15) is 18.1 Å². The molecule has 2 nitrogen and oxygen atoms in total. The number of rotatable bonds is 4. The van der Waals surface area contributed by atoms with Crippen molar-refractivity contribution in [2.45, 2.75) is 30.9 Å². The second kappa shape index (κ2) is 6.76. The molecule has 2 rings (SSSR count). The predicted molar refractivity (Wildman–Crippen MR) is 86.3 cm³/mol. The predicted octanol–water partition coefficient (Wildman–Crippen LogP) is 4.56. The highest BCUT2D eigenvalue weighted by Gasteiger charge is 2.15. The van der Waals surface area contributed by atoms with Gasteiger partial charge in [0.2, 0.25) is 5.91 Å². The zero-order valence-corrected chi connectivity index (χ0v) is 13.1. The monoisotopic (exact) mass is 303 g/mol. The van der Waals surface area contributed by atoms with Crippen LogP contribution >= 0.6 is 11.8 Å². The standard InChI is InChI=1S/C17H18FNOS/c1-11-7-8-16(9-12(11)2)21-13(3)17(20)19-15-6-4-5-14(18)10-15/h4-10,13H,1-3H3,(H,19,20)/t13-/m1/s1. The quantitative estimate of drug-likeness (QED) is 0.839. The second-order valence-electron chi connectivity index (χ2n) is 5.01. The van der Waals surface area contributed by atoms with E-state index in [0.29, 0.717) is 5.69 Å². The third kappa shape index (κ3) is 4.33. The molecule has 0 saturated heterocycles. The molecule has 1 amide bonds. The number of anilines is 1. The minimum Gasteiger partial charge on any atom is -0.325 e. The van der Waals surface area contributed by atoms with E-state index in [9.17, 15) is 9.18 Å². The van der Waals surface area contributed by atoms with E-state index in [4.69, 9.17) is 0 Å². The number of aryl methyl sites for hydroxylation is 2. The van der Waals surface area contributed by atoms with Crippen LogP contribution in [0.5, 0.6) is 0 Å². The van der Waals surface area contributed by atoms with Crippen molar-refractivity contribution >= 4 is 23.4 Å². The summed E-state index contributed by atoms with van der Waals surface area (Å²) in [6.45, 7) is 5.95. The van der Waals surface area contributed by atoms with Crippen molar-refractivity contribution in [3.63, 3.8) is 0 Å². The summed E-state index contributed by atoms with van der Waals surface area (Å²) in [6, 6.07) is 12.1. The molecule has 1 N–H and O–H groups in total. The van der Waals surface area contributed by atoms with Crippen molar-refractivity contribution in [3.05, 3.63) is 59.4 Å². The summed E-state index contributed by atoms with van der Waals surface area (Å²) in [7, 11) is 0. The van der Waals surface area contributed by atoms with Crippen molar-refractivity contribution in [1.29, 1.82) is 0 Å². The molecule has 2 aromatic rings. The molecule has 2 aromatic carbocycles. The molecule has 110 valence electrons. The molecule has 0 bridgehead atoms. The fourth-order valence-electron chi connectivity index (χ4n) is 1.85. The van der Waals surface area contributed by atoms with Crippen LogP contribution in [0.15, 0.2) is 47.4 Å². The SMILES string of the molecule is Cc1ccc(S[C@H](C)C(=O)Nc2cccc(F)c2)cc1C. The molecule has 0 radical (unpaired) electrons. The van der Waals surface area contributed by atoms with Gasteiger partial charge in [-0.3, -0.25) is 4.79 Å². The van der Waals surface area contributed by atoms with Crippen molar-refractivity contribution in [2.75, 3.05) is 5.32 Å². The van der Waals surface area contributed by atoms with Gasteiger partial charge in [0.15, 0.2) is 0 Å². The molecule has 0 unspecified atom stereocenters. The zero-order valence-electron chi connectivity index (χ0n) is 12.3. The maximum Gasteiger partial charge on any atom is 0.237 e. The third-order valence-electron chi connectivity index (χ3n) is 3.25. The molecule has 4 heteroatoms. The molecule has 0 saturated carbocycles. The molecule has 0 aliphatic heterocycles. The zero-order chi connectivity index (χ0) is 15.4. The molecule has 0 fully saturated rings. The summed E-state index contributed by atoms with van der Waals surface area (Å²) >= 11 is 1.49. The number of nitrogens with one attached hydrogen (secondary N) is 1. The Labute approximate surface area is 128 Å². The highest BCUT2D eigenvalue weighted by molar-refractivity contribution is 8.00. The van der Waals surface area contributed by atoms with E-state index < -0.39 is 0 Å². The Balaban J connectivity index is 2.00. The molecule has 0 spiro atoms. The summed E-state index contributed by atoms with van der Waals surface area (Å²) < 4.78 is 13.1. The lowest BCUT2D eigenvalue weighted by Gasteiger charge is -2.13. The Morgan fingerprint density at radius 1 is 1.14 bits per heavy atom. The van der Waals surface area contributed by atoms with E-state index in [1.165, 1.54) is 35.0 Å². The molecule has 0 aliphatic rings. The van der Waals surface area contributed by atoms with Gasteiger partial charge in [-0.25, -0.2) is 4.39 Å². The highest BCUT2D eigenvalue weighted by Crippen LogP contribution is 2.26.